The molecule has 98 valence electrons. The first-order valence-electron chi connectivity index (χ1n) is 6.32. The van der Waals surface area contributed by atoms with Gasteiger partial charge in [0.2, 0.25) is 0 Å². The molecular formula is C14H19FN2O. The third-order valence-electron chi connectivity index (χ3n) is 3.41. The maximum Gasteiger partial charge on any atom is 0.253 e. The van der Waals surface area contributed by atoms with Crippen LogP contribution in [0.2, 0.25) is 0 Å². The van der Waals surface area contributed by atoms with Gasteiger partial charge in [0.15, 0.2) is 0 Å². The van der Waals surface area contributed by atoms with Crippen molar-refractivity contribution >= 4 is 5.91 Å². The van der Waals surface area contributed by atoms with Crippen LogP contribution in [0, 0.1) is 12.7 Å². The second-order valence-electron chi connectivity index (χ2n) is 4.91. The molecule has 2 rings (SSSR count). The minimum absolute atomic E-state index is 0.00778. The Hall–Kier alpha value is -1.42. The maximum atomic E-state index is 13.2. The van der Waals surface area contributed by atoms with E-state index in [0.29, 0.717) is 11.1 Å². The molecule has 1 aliphatic heterocycles. The zero-order valence-electron chi connectivity index (χ0n) is 10.9. The summed E-state index contributed by atoms with van der Waals surface area (Å²) in [7, 11) is 2.07. The van der Waals surface area contributed by atoms with Crippen LogP contribution in [0.25, 0.3) is 0 Å². The van der Waals surface area contributed by atoms with Gasteiger partial charge in [-0.25, -0.2) is 4.39 Å². The smallest absolute Gasteiger partial charge is 0.253 e. The lowest BCUT2D eigenvalue weighted by Gasteiger charge is -2.20. The zero-order valence-corrected chi connectivity index (χ0v) is 10.9. The van der Waals surface area contributed by atoms with Gasteiger partial charge in [0.1, 0.15) is 5.82 Å². The third-order valence-corrected chi connectivity index (χ3v) is 3.41. The average Bonchev–Trinajstić information content (AvgIpc) is 2.57. The molecule has 0 radical (unpaired) electrons. The Morgan fingerprint density at radius 3 is 2.72 bits per heavy atom. The molecule has 1 aromatic carbocycles. The highest BCUT2D eigenvalue weighted by molar-refractivity contribution is 5.94. The van der Waals surface area contributed by atoms with Crippen LogP contribution in [-0.2, 0) is 0 Å². The van der Waals surface area contributed by atoms with Crippen molar-refractivity contribution in [3.8, 4) is 0 Å². The van der Waals surface area contributed by atoms with Crippen LogP contribution in [-0.4, -0.2) is 48.9 Å². The molecule has 1 heterocycles. The van der Waals surface area contributed by atoms with Crippen molar-refractivity contribution in [2.45, 2.75) is 13.3 Å². The van der Waals surface area contributed by atoms with Crippen LogP contribution in [0.1, 0.15) is 22.3 Å². The second kappa shape index (κ2) is 5.48. The normalized spacial score (nSPS) is 17.6. The maximum absolute atomic E-state index is 13.2. The molecule has 0 bridgehead atoms. The Balaban J connectivity index is 2.12. The van der Waals surface area contributed by atoms with Crippen molar-refractivity contribution in [1.29, 1.82) is 0 Å². The lowest BCUT2D eigenvalue weighted by atomic mass is 10.1. The molecule has 1 fully saturated rings. The van der Waals surface area contributed by atoms with Crippen molar-refractivity contribution in [3.05, 3.63) is 35.1 Å². The lowest BCUT2D eigenvalue weighted by molar-refractivity contribution is 0.0762. The van der Waals surface area contributed by atoms with Crippen molar-refractivity contribution in [1.82, 2.24) is 9.80 Å². The standard InChI is InChI=1S/C14H19FN2O/c1-11-10-12(4-5-13(11)15)14(18)17-7-3-6-16(2)8-9-17/h4-5,10H,3,6-9H2,1-2H3. The quantitative estimate of drug-likeness (QED) is 0.760. The number of carbonyl (C=O) groups excluding carboxylic acids is 1. The largest absolute Gasteiger partial charge is 0.337 e. The summed E-state index contributed by atoms with van der Waals surface area (Å²) in [5, 5.41) is 0. The van der Waals surface area contributed by atoms with Crippen LogP contribution in [0.3, 0.4) is 0 Å². The number of hydrogen-bond donors (Lipinski definition) is 0. The molecule has 1 aromatic rings. The summed E-state index contributed by atoms with van der Waals surface area (Å²) < 4.78 is 13.2. The van der Waals surface area contributed by atoms with Gasteiger partial charge in [0.25, 0.3) is 5.91 Å². The Morgan fingerprint density at radius 2 is 2.00 bits per heavy atom. The Kier molecular flexibility index (Phi) is 3.97. The second-order valence-corrected chi connectivity index (χ2v) is 4.91. The van der Waals surface area contributed by atoms with Crippen LogP contribution in [0.5, 0.6) is 0 Å². The summed E-state index contributed by atoms with van der Waals surface area (Å²) >= 11 is 0. The van der Waals surface area contributed by atoms with Crippen molar-refractivity contribution in [3.63, 3.8) is 0 Å². The Labute approximate surface area is 107 Å². The predicted molar refractivity (Wildman–Crippen MR) is 69.2 cm³/mol. The number of hydrogen-bond acceptors (Lipinski definition) is 2. The van der Waals surface area contributed by atoms with Gasteiger partial charge in [0, 0.05) is 25.2 Å². The SMILES string of the molecule is Cc1cc(C(=O)N2CCCN(C)CC2)ccc1F. The van der Waals surface area contributed by atoms with E-state index in [1.54, 1.807) is 19.1 Å². The van der Waals surface area contributed by atoms with E-state index in [-0.39, 0.29) is 11.7 Å². The molecular weight excluding hydrogens is 231 g/mol. The van der Waals surface area contributed by atoms with Gasteiger partial charge < -0.3 is 9.80 Å². The van der Waals surface area contributed by atoms with Gasteiger partial charge >= 0.3 is 0 Å². The highest BCUT2D eigenvalue weighted by Gasteiger charge is 2.19. The van der Waals surface area contributed by atoms with Gasteiger partial charge in [-0.15, -0.1) is 0 Å². The van der Waals surface area contributed by atoms with Gasteiger partial charge in [-0.05, 0) is 50.7 Å². The van der Waals surface area contributed by atoms with Gasteiger partial charge in [-0.1, -0.05) is 0 Å². The van der Waals surface area contributed by atoms with Crippen LogP contribution >= 0.6 is 0 Å². The molecule has 0 saturated carbocycles. The fraction of sp³-hybridized carbons (Fsp3) is 0.500. The molecule has 18 heavy (non-hydrogen) atoms. The van der Waals surface area contributed by atoms with Crippen LogP contribution < -0.4 is 0 Å². The topological polar surface area (TPSA) is 23.6 Å². The summed E-state index contributed by atoms with van der Waals surface area (Å²) in [6.45, 7) is 5.12. The molecule has 1 amide bonds. The summed E-state index contributed by atoms with van der Waals surface area (Å²) in [5.41, 5.74) is 1.10. The number of benzene rings is 1. The summed E-state index contributed by atoms with van der Waals surface area (Å²) in [6.07, 6.45) is 0.989. The molecule has 0 aromatic heterocycles. The molecule has 0 aliphatic carbocycles. The molecule has 0 unspecified atom stereocenters. The number of halogens is 1. The van der Waals surface area contributed by atoms with Crippen LogP contribution in [0.15, 0.2) is 18.2 Å². The number of carbonyl (C=O) groups is 1. The molecule has 0 N–H and O–H groups in total. The molecule has 1 saturated heterocycles. The van der Waals surface area contributed by atoms with Gasteiger partial charge in [0.05, 0.1) is 0 Å². The van der Waals surface area contributed by atoms with E-state index in [1.807, 2.05) is 4.90 Å². The third kappa shape index (κ3) is 2.88. The van der Waals surface area contributed by atoms with Crippen molar-refractivity contribution < 1.29 is 9.18 Å². The summed E-state index contributed by atoms with van der Waals surface area (Å²) in [4.78, 5) is 16.4. The van der Waals surface area contributed by atoms with Crippen molar-refractivity contribution in [2.75, 3.05) is 33.2 Å². The molecule has 1 aliphatic rings. The number of amides is 1. The summed E-state index contributed by atoms with van der Waals surface area (Å²) in [6, 6.07) is 4.57. The van der Waals surface area contributed by atoms with E-state index >= 15 is 0 Å². The molecule has 3 nitrogen and oxygen atoms in total. The number of nitrogens with zero attached hydrogens (tertiary/aromatic N) is 2. The number of likely N-dealkylation sites (N-methyl/N-ethyl adjacent to an activating group) is 1. The van der Waals surface area contributed by atoms with E-state index < -0.39 is 0 Å². The first-order valence-corrected chi connectivity index (χ1v) is 6.32. The Morgan fingerprint density at radius 1 is 1.22 bits per heavy atom. The van der Waals surface area contributed by atoms with E-state index in [2.05, 4.69) is 11.9 Å². The predicted octanol–water partition coefficient (Wildman–Crippen LogP) is 1.91. The molecule has 4 heteroatoms. The van der Waals surface area contributed by atoms with Gasteiger partial charge in [-0.3, -0.25) is 4.79 Å². The minimum Gasteiger partial charge on any atom is -0.337 e. The fourth-order valence-electron chi connectivity index (χ4n) is 2.21. The first kappa shape index (κ1) is 13.0. The lowest BCUT2D eigenvalue weighted by Crippen LogP contribution is -2.34. The summed E-state index contributed by atoms with van der Waals surface area (Å²) in [5.74, 6) is -0.254. The number of aryl methyl sites for hydroxylation is 1. The fourth-order valence-corrected chi connectivity index (χ4v) is 2.21. The van der Waals surface area contributed by atoms with E-state index in [0.717, 1.165) is 32.6 Å². The van der Waals surface area contributed by atoms with E-state index in [9.17, 15) is 9.18 Å². The number of rotatable bonds is 1. The minimum atomic E-state index is -0.262. The monoisotopic (exact) mass is 250 g/mol. The van der Waals surface area contributed by atoms with Crippen LogP contribution in [0.4, 0.5) is 4.39 Å². The highest BCUT2D eigenvalue weighted by Crippen LogP contribution is 2.13. The Bertz CT molecular complexity index is 447. The highest BCUT2D eigenvalue weighted by atomic mass is 19.1. The van der Waals surface area contributed by atoms with E-state index in [1.165, 1.54) is 6.07 Å². The molecule has 0 atom stereocenters. The zero-order chi connectivity index (χ0) is 13.1. The van der Waals surface area contributed by atoms with E-state index in [4.69, 9.17) is 0 Å². The van der Waals surface area contributed by atoms with Crippen molar-refractivity contribution in [2.24, 2.45) is 0 Å². The first-order chi connectivity index (χ1) is 8.58. The molecule has 0 spiro atoms. The average molecular weight is 250 g/mol. The van der Waals surface area contributed by atoms with Gasteiger partial charge in [-0.2, -0.15) is 0 Å².